The van der Waals surface area contributed by atoms with Gasteiger partial charge in [-0.3, -0.25) is 4.79 Å². The fourth-order valence-corrected chi connectivity index (χ4v) is 2.27. The van der Waals surface area contributed by atoms with Crippen LogP contribution in [0, 0.1) is 5.82 Å². The van der Waals surface area contributed by atoms with E-state index in [-0.39, 0.29) is 18.3 Å². The molecule has 1 heterocycles. The first-order valence-electron chi connectivity index (χ1n) is 6.51. The summed E-state index contributed by atoms with van der Waals surface area (Å²) in [5.41, 5.74) is 2.75. The molecule has 0 saturated heterocycles. The van der Waals surface area contributed by atoms with Crippen molar-refractivity contribution in [1.29, 1.82) is 0 Å². The Labute approximate surface area is 116 Å². The van der Waals surface area contributed by atoms with Gasteiger partial charge in [-0.2, -0.15) is 0 Å². The standard InChI is InChI=1S/C16H14FNO2/c17-13-3-1-2-11(8-13)4-5-12-6-7-15-14(9-12)18-16(19)10-20-15/h1-3,6-9H,4-5,10H2,(H,18,19). The van der Waals surface area contributed by atoms with Gasteiger partial charge in [-0.05, 0) is 48.2 Å². The van der Waals surface area contributed by atoms with E-state index in [0.717, 1.165) is 24.0 Å². The zero-order valence-corrected chi connectivity index (χ0v) is 10.9. The van der Waals surface area contributed by atoms with Crippen LogP contribution in [0.4, 0.5) is 10.1 Å². The van der Waals surface area contributed by atoms with E-state index < -0.39 is 0 Å². The van der Waals surface area contributed by atoms with E-state index in [0.29, 0.717) is 11.4 Å². The minimum Gasteiger partial charge on any atom is -0.482 e. The van der Waals surface area contributed by atoms with E-state index in [9.17, 15) is 9.18 Å². The van der Waals surface area contributed by atoms with Crippen molar-refractivity contribution in [2.75, 3.05) is 11.9 Å². The van der Waals surface area contributed by atoms with Gasteiger partial charge >= 0.3 is 0 Å². The summed E-state index contributed by atoms with van der Waals surface area (Å²) in [5, 5.41) is 2.78. The first kappa shape index (κ1) is 12.7. The molecule has 0 bridgehead atoms. The molecule has 1 amide bonds. The van der Waals surface area contributed by atoms with Gasteiger partial charge in [0, 0.05) is 0 Å². The Hall–Kier alpha value is -2.36. The summed E-state index contributed by atoms with van der Waals surface area (Å²) in [6.07, 6.45) is 1.54. The van der Waals surface area contributed by atoms with Crippen LogP contribution >= 0.6 is 0 Å². The maximum Gasteiger partial charge on any atom is 0.262 e. The van der Waals surface area contributed by atoms with Gasteiger partial charge in [0.05, 0.1) is 5.69 Å². The highest BCUT2D eigenvalue weighted by molar-refractivity contribution is 5.95. The molecular weight excluding hydrogens is 257 g/mol. The van der Waals surface area contributed by atoms with Gasteiger partial charge in [0.15, 0.2) is 6.61 Å². The lowest BCUT2D eigenvalue weighted by Gasteiger charge is -2.18. The van der Waals surface area contributed by atoms with Crippen molar-refractivity contribution in [2.24, 2.45) is 0 Å². The predicted octanol–water partition coefficient (Wildman–Crippen LogP) is 2.94. The molecule has 1 N–H and O–H groups in total. The maximum absolute atomic E-state index is 13.1. The molecule has 2 aromatic rings. The maximum atomic E-state index is 13.1. The Kier molecular flexibility index (Phi) is 3.37. The second-order valence-corrected chi connectivity index (χ2v) is 4.80. The number of carbonyl (C=O) groups excluding carboxylic acids is 1. The lowest BCUT2D eigenvalue weighted by atomic mass is 10.0. The molecule has 3 nitrogen and oxygen atoms in total. The van der Waals surface area contributed by atoms with Gasteiger partial charge in [0.25, 0.3) is 5.91 Å². The number of amides is 1. The zero-order chi connectivity index (χ0) is 13.9. The third-order valence-corrected chi connectivity index (χ3v) is 3.27. The first-order chi connectivity index (χ1) is 9.70. The van der Waals surface area contributed by atoms with E-state index in [1.54, 1.807) is 12.1 Å². The van der Waals surface area contributed by atoms with Crippen LogP contribution in [0.1, 0.15) is 11.1 Å². The summed E-state index contributed by atoms with van der Waals surface area (Å²) in [5.74, 6) is 0.340. The van der Waals surface area contributed by atoms with Crippen molar-refractivity contribution >= 4 is 11.6 Å². The van der Waals surface area contributed by atoms with Gasteiger partial charge in [0.1, 0.15) is 11.6 Å². The van der Waals surface area contributed by atoms with Gasteiger partial charge in [0.2, 0.25) is 0 Å². The molecule has 102 valence electrons. The molecule has 0 fully saturated rings. The van der Waals surface area contributed by atoms with Crippen molar-refractivity contribution < 1.29 is 13.9 Å². The quantitative estimate of drug-likeness (QED) is 0.932. The molecular formula is C16H14FNO2. The number of hydrogen-bond donors (Lipinski definition) is 1. The Morgan fingerprint density at radius 2 is 1.90 bits per heavy atom. The number of hydrogen-bond acceptors (Lipinski definition) is 2. The monoisotopic (exact) mass is 271 g/mol. The van der Waals surface area contributed by atoms with Gasteiger partial charge < -0.3 is 10.1 Å². The molecule has 0 aliphatic carbocycles. The summed E-state index contributed by atoms with van der Waals surface area (Å²) in [7, 11) is 0. The van der Waals surface area contributed by atoms with Crippen LogP contribution < -0.4 is 10.1 Å². The van der Waals surface area contributed by atoms with E-state index in [2.05, 4.69) is 5.32 Å². The minimum absolute atomic E-state index is 0.0651. The number of rotatable bonds is 3. The van der Waals surface area contributed by atoms with Crippen LogP contribution in [0.3, 0.4) is 0 Å². The number of aryl methyl sites for hydroxylation is 2. The van der Waals surface area contributed by atoms with Crippen LogP contribution in [0.5, 0.6) is 5.75 Å². The number of anilines is 1. The summed E-state index contributed by atoms with van der Waals surface area (Å²) in [6, 6.07) is 12.3. The lowest BCUT2D eigenvalue weighted by Crippen LogP contribution is -2.25. The Balaban J connectivity index is 1.72. The normalized spacial score (nSPS) is 13.3. The van der Waals surface area contributed by atoms with Crippen molar-refractivity contribution in [1.82, 2.24) is 0 Å². The van der Waals surface area contributed by atoms with Crippen LogP contribution in [0.15, 0.2) is 42.5 Å². The molecule has 20 heavy (non-hydrogen) atoms. The SMILES string of the molecule is O=C1COc2ccc(CCc3cccc(F)c3)cc2N1. The van der Waals surface area contributed by atoms with E-state index >= 15 is 0 Å². The summed E-state index contributed by atoms with van der Waals surface area (Å²) < 4.78 is 18.4. The second-order valence-electron chi connectivity index (χ2n) is 4.80. The summed E-state index contributed by atoms with van der Waals surface area (Å²) in [4.78, 5) is 11.3. The highest BCUT2D eigenvalue weighted by atomic mass is 19.1. The molecule has 1 aliphatic rings. The molecule has 0 unspecified atom stereocenters. The Morgan fingerprint density at radius 3 is 2.70 bits per heavy atom. The highest BCUT2D eigenvalue weighted by Gasteiger charge is 2.15. The average Bonchev–Trinajstić information content (AvgIpc) is 2.45. The minimum atomic E-state index is -0.214. The number of ether oxygens (including phenoxy) is 1. The van der Waals surface area contributed by atoms with E-state index in [4.69, 9.17) is 4.74 Å². The highest BCUT2D eigenvalue weighted by Crippen LogP contribution is 2.28. The number of halogens is 1. The van der Waals surface area contributed by atoms with Gasteiger partial charge in [-0.1, -0.05) is 18.2 Å². The molecule has 0 aromatic heterocycles. The molecule has 2 aromatic carbocycles. The number of carbonyl (C=O) groups is 1. The van der Waals surface area contributed by atoms with Crippen LogP contribution in [0.2, 0.25) is 0 Å². The number of benzene rings is 2. The molecule has 4 heteroatoms. The molecule has 1 aliphatic heterocycles. The number of nitrogens with one attached hydrogen (secondary N) is 1. The second kappa shape index (κ2) is 5.33. The number of fused-ring (bicyclic) bond motifs is 1. The van der Waals surface area contributed by atoms with Crippen molar-refractivity contribution in [3.8, 4) is 5.75 Å². The van der Waals surface area contributed by atoms with Crippen molar-refractivity contribution in [3.63, 3.8) is 0 Å². The van der Waals surface area contributed by atoms with Gasteiger partial charge in [-0.25, -0.2) is 4.39 Å². The van der Waals surface area contributed by atoms with Crippen molar-refractivity contribution in [3.05, 3.63) is 59.4 Å². The molecule has 0 atom stereocenters. The lowest BCUT2D eigenvalue weighted by molar-refractivity contribution is -0.118. The molecule has 0 radical (unpaired) electrons. The van der Waals surface area contributed by atoms with Crippen LogP contribution in [-0.4, -0.2) is 12.5 Å². The van der Waals surface area contributed by atoms with E-state index in [1.165, 1.54) is 6.07 Å². The van der Waals surface area contributed by atoms with Crippen LogP contribution in [0.25, 0.3) is 0 Å². The van der Waals surface area contributed by atoms with Gasteiger partial charge in [-0.15, -0.1) is 0 Å². The van der Waals surface area contributed by atoms with Crippen molar-refractivity contribution in [2.45, 2.75) is 12.8 Å². The fourth-order valence-electron chi connectivity index (χ4n) is 2.27. The smallest absolute Gasteiger partial charge is 0.262 e. The molecule has 3 rings (SSSR count). The first-order valence-corrected chi connectivity index (χ1v) is 6.51. The zero-order valence-electron chi connectivity index (χ0n) is 10.9. The average molecular weight is 271 g/mol. The summed E-state index contributed by atoms with van der Waals surface area (Å²) >= 11 is 0. The molecule has 0 spiro atoms. The summed E-state index contributed by atoms with van der Waals surface area (Å²) in [6.45, 7) is 0.0651. The predicted molar refractivity (Wildman–Crippen MR) is 74.4 cm³/mol. The largest absolute Gasteiger partial charge is 0.482 e. The third-order valence-electron chi connectivity index (χ3n) is 3.27. The Bertz CT molecular complexity index is 655. The third kappa shape index (κ3) is 2.79. The Morgan fingerprint density at radius 1 is 1.10 bits per heavy atom. The molecule has 0 saturated carbocycles. The van der Waals surface area contributed by atoms with E-state index in [1.807, 2.05) is 24.3 Å². The topological polar surface area (TPSA) is 38.3 Å². The van der Waals surface area contributed by atoms with Crippen LogP contribution in [-0.2, 0) is 17.6 Å². The fraction of sp³-hybridized carbons (Fsp3) is 0.188.